The summed E-state index contributed by atoms with van der Waals surface area (Å²) < 4.78 is 0. The van der Waals surface area contributed by atoms with E-state index < -0.39 is 6.03 Å². The maximum Gasteiger partial charge on any atom is 0.318 e. The molecule has 0 aromatic rings. The molecule has 0 aliphatic heterocycles. The van der Waals surface area contributed by atoms with Crippen molar-refractivity contribution < 1.29 is 9.59 Å². The van der Waals surface area contributed by atoms with Crippen LogP contribution in [0.4, 0.5) is 4.79 Å². The topological polar surface area (TPSA) is 101 Å². The molecule has 1 aliphatic carbocycles. The van der Waals surface area contributed by atoms with Crippen LogP contribution in [0, 0.1) is 0 Å². The number of carbonyl (C=O) groups is 2. The molecular formula is C12H24N4O2. The average Bonchev–Trinajstić information content (AvgIpc) is 2.28. The average molecular weight is 256 g/mol. The third-order valence-electron chi connectivity index (χ3n) is 3.38. The van der Waals surface area contributed by atoms with Gasteiger partial charge in [-0.3, -0.25) is 15.0 Å². The number of rotatable bonds is 5. The largest absolute Gasteiger partial charge is 0.351 e. The Hall–Kier alpha value is -1.14. The van der Waals surface area contributed by atoms with Crippen molar-refractivity contribution in [3.05, 3.63) is 0 Å². The lowest BCUT2D eigenvalue weighted by Crippen LogP contribution is -2.47. The molecule has 0 bridgehead atoms. The molecule has 3 amide bonds. The molecule has 0 aromatic heterocycles. The predicted octanol–water partition coefficient (Wildman–Crippen LogP) is 0.163. The summed E-state index contributed by atoms with van der Waals surface area (Å²) in [5.41, 5.74) is 10.8. The van der Waals surface area contributed by atoms with E-state index in [-0.39, 0.29) is 12.5 Å². The molecule has 0 saturated heterocycles. The van der Waals surface area contributed by atoms with E-state index in [1.807, 2.05) is 0 Å². The van der Waals surface area contributed by atoms with Crippen LogP contribution >= 0.6 is 0 Å². The number of primary amides is 1. The van der Waals surface area contributed by atoms with Crippen LogP contribution in [0.3, 0.4) is 0 Å². The Labute approximate surface area is 108 Å². The lowest BCUT2D eigenvalue weighted by molar-refractivity contribution is -0.121. The number of amides is 3. The summed E-state index contributed by atoms with van der Waals surface area (Å²) in [5, 5.41) is 2.11. The first-order valence-corrected chi connectivity index (χ1v) is 6.61. The summed E-state index contributed by atoms with van der Waals surface area (Å²) in [5.74, 6) is -0.328. The van der Waals surface area contributed by atoms with E-state index >= 15 is 0 Å². The third-order valence-corrected chi connectivity index (χ3v) is 3.38. The van der Waals surface area contributed by atoms with Gasteiger partial charge in [-0.15, -0.1) is 0 Å². The standard InChI is InChI=1S/C12H24N4O2/c1-2-7-16(8-11(17)15-12(14)18)10-5-3-9(13)4-6-10/h9-10H,2-8,13H2,1H3,(H3,14,15,17,18). The molecular weight excluding hydrogens is 232 g/mol. The SMILES string of the molecule is CCCN(CC(=O)NC(N)=O)C1CCC(N)CC1. The maximum atomic E-state index is 11.6. The zero-order chi connectivity index (χ0) is 13.5. The number of nitrogens with one attached hydrogen (secondary N) is 1. The third kappa shape index (κ3) is 5.01. The molecule has 0 aromatic carbocycles. The second-order valence-corrected chi connectivity index (χ2v) is 4.95. The van der Waals surface area contributed by atoms with E-state index in [1.165, 1.54) is 0 Å². The van der Waals surface area contributed by atoms with Crippen molar-refractivity contribution in [1.82, 2.24) is 10.2 Å². The maximum absolute atomic E-state index is 11.6. The van der Waals surface area contributed by atoms with Crippen molar-refractivity contribution in [3.63, 3.8) is 0 Å². The van der Waals surface area contributed by atoms with Gasteiger partial charge in [-0.25, -0.2) is 4.79 Å². The predicted molar refractivity (Wildman–Crippen MR) is 69.8 cm³/mol. The van der Waals surface area contributed by atoms with Crippen molar-refractivity contribution >= 4 is 11.9 Å². The second-order valence-electron chi connectivity index (χ2n) is 4.95. The first kappa shape index (κ1) is 14.9. The Morgan fingerprint density at radius 2 is 1.89 bits per heavy atom. The van der Waals surface area contributed by atoms with Crippen LogP contribution in [0.2, 0.25) is 0 Å². The Kier molecular flexibility index (Phi) is 6.07. The van der Waals surface area contributed by atoms with Crippen molar-refractivity contribution in [2.75, 3.05) is 13.1 Å². The normalized spacial score (nSPS) is 23.9. The lowest BCUT2D eigenvalue weighted by atomic mass is 9.90. The van der Waals surface area contributed by atoms with Crippen molar-refractivity contribution in [2.24, 2.45) is 11.5 Å². The lowest BCUT2D eigenvalue weighted by Gasteiger charge is -2.35. The highest BCUT2D eigenvalue weighted by Gasteiger charge is 2.25. The van der Waals surface area contributed by atoms with Gasteiger partial charge in [0.1, 0.15) is 0 Å². The van der Waals surface area contributed by atoms with Crippen LogP contribution in [-0.4, -0.2) is 42.0 Å². The quantitative estimate of drug-likeness (QED) is 0.652. The van der Waals surface area contributed by atoms with Gasteiger partial charge in [-0.1, -0.05) is 6.92 Å². The number of nitrogens with two attached hydrogens (primary N) is 2. The van der Waals surface area contributed by atoms with Gasteiger partial charge in [-0.05, 0) is 38.6 Å². The van der Waals surface area contributed by atoms with Crippen molar-refractivity contribution in [1.29, 1.82) is 0 Å². The number of hydrogen-bond donors (Lipinski definition) is 3. The van der Waals surface area contributed by atoms with Crippen LogP contribution in [0.5, 0.6) is 0 Å². The van der Waals surface area contributed by atoms with E-state index in [1.54, 1.807) is 0 Å². The fourth-order valence-corrected chi connectivity index (χ4v) is 2.51. The fraction of sp³-hybridized carbons (Fsp3) is 0.833. The fourth-order valence-electron chi connectivity index (χ4n) is 2.51. The van der Waals surface area contributed by atoms with Gasteiger partial charge in [0.15, 0.2) is 0 Å². The van der Waals surface area contributed by atoms with Crippen molar-refractivity contribution in [2.45, 2.75) is 51.1 Å². The van der Waals surface area contributed by atoms with Gasteiger partial charge < -0.3 is 11.5 Å². The highest BCUT2D eigenvalue weighted by Crippen LogP contribution is 2.22. The van der Waals surface area contributed by atoms with E-state index in [2.05, 4.69) is 17.1 Å². The number of nitrogens with zero attached hydrogens (tertiary/aromatic N) is 1. The minimum atomic E-state index is -0.790. The second kappa shape index (κ2) is 7.33. The van der Waals surface area contributed by atoms with Crippen LogP contribution in [-0.2, 0) is 4.79 Å². The van der Waals surface area contributed by atoms with Crippen LogP contribution in [0.1, 0.15) is 39.0 Å². The first-order chi connectivity index (χ1) is 8.52. The highest BCUT2D eigenvalue weighted by molar-refractivity contribution is 5.94. The summed E-state index contributed by atoms with van der Waals surface area (Å²) in [6.07, 6.45) is 5.02. The Balaban J connectivity index is 2.48. The van der Waals surface area contributed by atoms with E-state index in [0.29, 0.717) is 12.1 Å². The summed E-state index contributed by atoms with van der Waals surface area (Å²) >= 11 is 0. The van der Waals surface area contributed by atoms with E-state index in [0.717, 1.165) is 38.6 Å². The van der Waals surface area contributed by atoms with Gasteiger partial charge in [-0.2, -0.15) is 0 Å². The van der Waals surface area contributed by atoms with Gasteiger partial charge in [0.2, 0.25) is 5.91 Å². The first-order valence-electron chi connectivity index (χ1n) is 6.61. The summed E-state index contributed by atoms with van der Waals surface area (Å²) in [7, 11) is 0. The molecule has 1 aliphatic rings. The zero-order valence-corrected chi connectivity index (χ0v) is 11.0. The summed E-state index contributed by atoms with van der Waals surface area (Å²) in [4.78, 5) is 24.3. The minimum absolute atomic E-state index is 0.233. The smallest absolute Gasteiger partial charge is 0.318 e. The number of hydrogen-bond acceptors (Lipinski definition) is 4. The summed E-state index contributed by atoms with van der Waals surface area (Å²) in [6.45, 7) is 3.16. The molecule has 5 N–H and O–H groups in total. The Bertz CT molecular complexity index is 288. The summed E-state index contributed by atoms with van der Waals surface area (Å²) in [6, 6.07) is -0.102. The minimum Gasteiger partial charge on any atom is -0.351 e. The highest BCUT2D eigenvalue weighted by atomic mass is 16.2. The van der Waals surface area contributed by atoms with Gasteiger partial charge in [0, 0.05) is 12.1 Å². The Morgan fingerprint density at radius 3 is 2.39 bits per heavy atom. The van der Waals surface area contributed by atoms with E-state index in [9.17, 15) is 9.59 Å². The molecule has 1 saturated carbocycles. The molecule has 6 nitrogen and oxygen atoms in total. The molecule has 0 unspecified atom stereocenters. The van der Waals surface area contributed by atoms with Crippen LogP contribution in [0.15, 0.2) is 0 Å². The number of imide groups is 1. The Morgan fingerprint density at radius 1 is 1.28 bits per heavy atom. The van der Waals surface area contributed by atoms with Crippen molar-refractivity contribution in [3.8, 4) is 0 Å². The molecule has 0 atom stereocenters. The number of urea groups is 1. The van der Waals surface area contributed by atoms with E-state index in [4.69, 9.17) is 11.5 Å². The molecule has 0 heterocycles. The van der Waals surface area contributed by atoms with Crippen LogP contribution < -0.4 is 16.8 Å². The van der Waals surface area contributed by atoms with Crippen LogP contribution in [0.25, 0.3) is 0 Å². The molecule has 104 valence electrons. The van der Waals surface area contributed by atoms with Gasteiger partial charge in [0.05, 0.1) is 6.54 Å². The molecule has 1 rings (SSSR count). The van der Waals surface area contributed by atoms with Gasteiger partial charge in [0.25, 0.3) is 0 Å². The molecule has 18 heavy (non-hydrogen) atoms. The molecule has 1 fully saturated rings. The zero-order valence-electron chi connectivity index (χ0n) is 11.0. The monoisotopic (exact) mass is 256 g/mol. The number of carbonyl (C=O) groups excluding carboxylic acids is 2. The molecule has 0 spiro atoms. The van der Waals surface area contributed by atoms with Gasteiger partial charge >= 0.3 is 6.03 Å². The molecule has 0 radical (unpaired) electrons. The molecule has 6 heteroatoms.